The lowest BCUT2D eigenvalue weighted by Gasteiger charge is -2.31. The molecule has 22 heavy (non-hydrogen) atoms. The fraction of sp³-hybridized carbons (Fsp3) is 0.400. The second kappa shape index (κ2) is 8.30. The molecule has 0 aliphatic heterocycles. The highest BCUT2D eigenvalue weighted by atomic mass is 28.4. The SMILES string of the molecule is CC[Si](CC)(CC)OCC(c1ccccc1)c1ccccc1. The first-order chi connectivity index (χ1) is 10.7. The average molecular weight is 313 g/mol. The van der Waals surface area contributed by atoms with E-state index in [0.717, 1.165) is 6.61 Å². The van der Waals surface area contributed by atoms with Gasteiger partial charge in [0.25, 0.3) is 0 Å². The molecular weight excluding hydrogens is 284 g/mol. The van der Waals surface area contributed by atoms with Crippen molar-refractivity contribution in [1.29, 1.82) is 0 Å². The van der Waals surface area contributed by atoms with Gasteiger partial charge in [-0.15, -0.1) is 0 Å². The van der Waals surface area contributed by atoms with Crippen molar-refractivity contribution < 1.29 is 4.43 Å². The topological polar surface area (TPSA) is 9.23 Å². The first-order valence-corrected chi connectivity index (χ1v) is 11.0. The molecule has 1 nitrogen and oxygen atoms in total. The Kier molecular flexibility index (Phi) is 6.41. The lowest BCUT2D eigenvalue weighted by molar-refractivity contribution is 0.286. The molecule has 0 unspecified atom stereocenters. The predicted octanol–water partition coefficient (Wildman–Crippen LogP) is 5.84. The van der Waals surface area contributed by atoms with Gasteiger partial charge < -0.3 is 4.43 Å². The van der Waals surface area contributed by atoms with Crippen molar-refractivity contribution in [3.63, 3.8) is 0 Å². The molecule has 0 aliphatic rings. The van der Waals surface area contributed by atoms with E-state index in [-0.39, 0.29) is 0 Å². The molecule has 0 atom stereocenters. The molecule has 0 bridgehead atoms. The molecule has 0 N–H and O–H groups in total. The molecule has 2 aromatic carbocycles. The van der Waals surface area contributed by atoms with Crippen LogP contribution in [0.25, 0.3) is 0 Å². The summed E-state index contributed by atoms with van der Waals surface area (Å²) >= 11 is 0. The molecule has 118 valence electrons. The first kappa shape index (κ1) is 17.0. The number of rotatable bonds is 8. The van der Waals surface area contributed by atoms with Gasteiger partial charge in [-0.25, -0.2) is 0 Å². The lowest BCUT2D eigenvalue weighted by atomic mass is 9.92. The minimum Gasteiger partial charge on any atom is -0.416 e. The van der Waals surface area contributed by atoms with Gasteiger partial charge in [0.1, 0.15) is 0 Å². The van der Waals surface area contributed by atoms with E-state index in [1.165, 1.54) is 29.3 Å². The molecule has 0 radical (unpaired) electrons. The molecule has 2 aromatic rings. The van der Waals surface area contributed by atoms with Gasteiger partial charge in [-0.05, 0) is 29.3 Å². The lowest BCUT2D eigenvalue weighted by Crippen LogP contribution is -2.37. The Morgan fingerprint density at radius 3 is 1.50 bits per heavy atom. The summed E-state index contributed by atoms with van der Waals surface area (Å²) in [6.45, 7) is 7.67. The van der Waals surface area contributed by atoms with Crippen LogP contribution < -0.4 is 0 Å². The van der Waals surface area contributed by atoms with E-state index in [2.05, 4.69) is 81.4 Å². The minimum absolute atomic E-state index is 0.332. The van der Waals surface area contributed by atoms with Gasteiger partial charge in [0.05, 0.1) is 0 Å². The van der Waals surface area contributed by atoms with Crippen LogP contribution in [0, 0.1) is 0 Å². The normalized spacial score (nSPS) is 11.8. The highest BCUT2D eigenvalue weighted by Gasteiger charge is 2.30. The van der Waals surface area contributed by atoms with Crippen LogP contribution in [0.4, 0.5) is 0 Å². The highest BCUT2D eigenvalue weighted by Crippen LogP contribution is 2.29. The largest absolute Gasteiger partial charge is 0.416 e. The van der Waals surface area contributed by atoms with Crippen molar-refractivity contribution in [2.45, 2.75) is 44.8 Å². The van der Waals surface area contributed by atoms with Crippen molar-refractivity contribution >= 4 is 8.32 Å². The fourth-order valence-electron chi connectivity index (χ4n) is 3.07. The summed E-state index contributed by atoms with van der Waals surface area (Å²) in [6, 6.07) is 25.1. The van der Waals surface area contributed by atoms with E-state index < -0.39 is 8.32 Å². The second-order valence-corrected chi connectivity index (χ2v) is 10.7. The Hall–Kier alpha value is -1.38. The van der Waals surface area contributed by atoms with E-state index in [9.17, 15) is 0 Å². The quantitative estimate of drug-likeness (QED) is 0.556. The van der Waals surface area contributed by atoms with E-state index >= 15 is 0 Å². The first-order valence-electron chi connectivity index (χ1n) is 8.48. The van der Waals surface area contributed by atoms with Gasteiger partial charge in [0.15, 0.2) is 8.32 Å². The van der Waals surface area contributed by atoms with Gasteiger partial charge in [0, 0.05) is 12.5 Å². The summed E-state index contributed by atoms with van der Waals surface area (Å²) in [6.07, 6.45) is 0. The average Bonchev–Trinajstić information content (AvgIpc) is 2.61. The molecule has 0 saturated carbocycles. The Morgan fingerprint density at radius 2 is 1.14 bits per heavy atom. The van der Waals surface area contributed by atoms with Crippen molar-refractivity contribution in [2.24, 2.45) is 0 Å². The summed E-state index contributed by atoms with van der Waals surface area (Å²) in [5, 5.41) is 0. The zero-order valence-corrected chi connectivity index (χ0v) is 15.1. The van der Waals surface area contributed by atoms with Crippen LogP contribution in [-0.4, -0.2) is 14.9 Å². The van der Waals surface area contributed by atoms with Crippen molar-refractivity contribution in [3.8, 4) is 0 Å². The molecule has 0 aliphatic carbocycles. The highest BCUT2D eigenvalue weighted by molar-refractivity contribution is 6.73. The monoisotopic (exact) mass is 312 g/mol. The molecule has 2 heteroatoms. The van der Waals surface area contributed by atoms with Crippen LogP contribution >= 0.6 is 0 Å². The third kappa shape index (κ3) is 4.08. The summed E-state index contributed by atoms with van der Waals surface area (Å²) in [7, 11) is -1.55. The molecule has 0 heterocycles. The second-order valence-electron chi connectivity index (χ2n) is 5.93. The fourth-order valence-corrected chi connectivity index (χ4v) is 5.70. The van der Waals surface area contributed by atoms with E-state index in [1.807, 2.05) is 0 Å². The zero-order chi connectivity index (χ0) is 15.8. The third-order valence-electron chi connectivity index (χ3n) is 4.89. The third-order valence-corrected chi connectivity index (χ3v) is 9.54. The Bertz CT molecular complexity index is 486. The molecule has 0 amide bonds. The Labute approximate surface area is 136 Å². The van der Waals surface area contributed by atoms with E-state index in [1.54, 1.807) is 0 Å². The van der Waals surface area contributed by atoms with Crippen LogP contribution in [0.2, 0.25) is 18.1 Å². The standard InChI is InChI=1S/C20H28OSi/c1-4-22(5-2,6-3)21-17-20(18-13-9-7-10-14-18)19-15-11-8-12-16-19/h7-16,20H,4-6,17H2,1-3H3. The Morgan fingerprint density at radius 1 is 0.727 bits per heavy atom. The predicted molar refractivity (Wildman–Crippen MR) is 97.9 cm³/mol. The van der Waals surface area contributed by atoms with Gasteiger partial charge in [-0.3, -0.25) is 0 Å². The summed E-state index contributed by atoms with van der Waals surface area (Å²) in [5.41, 5.74) is 2.69. The molecule has 0 aromatic heterocycles. The maximum absolute atomic E-state index is 6.59. The van der Waals surface area contributed by atoms with Gasteiger partial charge in [-0.1, -0.05) is 81.4 Å². The Balaban J connectivity index is 2.23. The molecule has 0 fully saturated rings. The van der Waals surface area contributed by atoms with Gasteiger partial charge in [0.2, 0.25) is 0 Å². The van der Waals surface area contributed by atoms with Gasteiger partial charge >= 0.3 is 0 Å². The molecule has 0 spiro atoms. The summed E-state index contributed by atoms with van der Waals surface area (Å²) < 4.78 is 6.59. The number of hydrogen-bond donors (Lipinski definition) is 0. The smallest absolute Gasteiger partial charge is 0.192 e. The molecule has 0 saturated heterocycles. The molecular formula is C20H28OSi. The van der Waals surface area contributed by atoms with Crippen molar-refractivity contribution in [3.05, 3.63) is 71.8 Å². The minimum atomic E-state index is -1.55. The van der Waals surface area contributed by atoms with Crippen LogP contribution in [-0.2, 0) is 4.43 Å². The van der Waals surface area contributed by atoms with Crippen molar-refractivity contribution in [2.75, 3.05) is 6.61 Å². The maximum Gasteiger partial charge on any atom is 0.192 e. The van der Waals surface area contributed by atoms with E-state index in [0.29, 0.717) is 5.92 Å². The van der Waals surface area contributed by atoms with Gasteiger partial charge in [-0.2, -0.15) is 0 Å². The number of benzene rings is 2. The van der Waals surface area contributed by atoms with E-state index in [4.69, 9.17) is 4.43 Å². The summed E-state index contributed by atoms with van der Waals surface area (Å²) in [4.78, 5) is 0. The van der Waals surface area contributed by atoms with Crippen LogP contribution in [0.1, 0.15) is 37.8 Å². The van der Waals surface area contributed by atoms with Crippen LogP contribution in [0.3, 0.4) is 0 Å². The zero-order valence-electron chi connectivity index (χ0n) is 14.1. The van der Waals surface area contributed by atoms with Crippen molar-refractivity contribution in [1.82, 2.24) is 0 Å². The number of hydrogen-bond acceptors (Lipinski definition) is 1. The maximum atomic E-state index is 6.59. The molecule has 2 rings (SSSR count). The van der Waals surface area contributed by atoms with Crippen LogP contribution in [0.15, 0.2) is 60.7 Å². The van der Waals surface area contributed by atoms with Crippen LogP contribution in [0.5, 0.6) is 0 Å². The summed E-state index contributed by atoms with van der Waals surface area (Å²) in [5.74, 6) is 0.332.